The van der Waals surface area contributed by atoms with Crippen molar-refractivity contribution in [1.82, 2.24) is 9.97 Å². The molecule has 1 aliphatic rings. The van der Waals surface area contributed by atoms with Gasteiger partial charge < -0.3 is 15.5 Å². The number of carbonyl (C=O) groups is 2. The summed E-state index contributed by atoms with van der Waals surface area (Å²) in [5, 5.41) is 0.481. The van der Waals surface area contributed by atoms with Crippen molar-refractivity contribution in [1.29, 1.82) is 0 Å². The van der Waals surface area contributed by atoms with E-state index in [-0.39, 0.29) is 23.0 Å². The van der Waals surface area contributed by atoms with Crippen LogP contribution < -0.4 is 16.0 Å². The van der Waals surface area contributed by atoms with E-state index in [9.17, 15) is 14.4 Å². The lowest BCUT2D eigenvalue weighted by Crippen LogP contribution is -2.33. The highest BCUT2D eigenvalue weighted by Crippen LogP contribution is 2.29. The van der Waals surface area contributed by atoms with Crippen molar-refractivity contribution in [2.24, 2.45) is 11.7 Å². The predicted molar refractivity (Wildman–Crippen MR) is 139 cm³/mol. The molecule has 0 aliphatic heterocycles. The molecule has 1 atom stereocenters. The average molecular weight is 500 g/mol. The van der Waals surface area contributed by atoms with Gasteiger partial charge >= 0.3 is 5.97 Å². The third kappa shape index (κ3) is 7.77. The first-order chi connectivity index (χ1) is 16.8. The van der Waals surface area contributed by atoms with Crippen molar-refractivity contribution in [3.05, 3.63) is 51.4 Å². The van der Waals surface area contributed by atoms with E-state index in [1.54, 1.807) is 24.3 Å². The van der Waals surface area contributed by atoms with Crippen LogP contribution in [0.2, 0.25) is 0 Å². The quantitative estimate of drug-likeness (QED) is 0.147. The van der Waals surface area contributed by atoms with Crippen LogP contribution in [0.1, 0.15) is 93.3 Å². The number of hydrogen-bond acceptors (Lipinski definition) is 7. The molecule has 0 saturated heterocycles. The Bertz CT molecular complexity index is 1060. The molecule has 0 spiro atoms. The molecule has 1 aliphatic carbocycles. The molecule has 190 valence electrons. The first kappa shape index (κ1) is 27.1. The first-order valence-electron chi connectivity index (χ1n) is 12.6. The minimum Gasteiger partial charge on any atom is -0.425 e. The maximum Gasteiger partial charge on any atom is 0.328 e. The molecule has 3 rings (SSSR count). The number of nitrogens with zero attached hydrogens (tertiary/aromatic N) is 1. The zero-order valence-corrected chi connectivity index (χ0v) is 21.8. The van der Waals surface area contributed by atoms with Crippen molar-refractivity contribution in [2.75, 3.05) is 5.75 Å². The molecular formula is C27H37N3O4S. The van der Waals surface area contributed by atoms with Gasteiger partial charge in [0, 0.05) is 11.1 Å². The minimum atomic E-state index is -0.655. The SMILES string of the molecule is CCCC(N)C(=O)Oc1ccc(C(=O)CSc2nc(CC3CCCCC3)c(C(C)C)c(=O)[nH]2)cc1. The molecule has 1 aromatic heterocycles. The van der Waals surface area contributed by atoms with Crippen LogP contribution in [0.4, 0.5) is 0 Å². The van der Waals surface area contributed by atoms with Crippen molar-refractivity contribution in [3.8, 4) is 5.75 Å². The number of rotatable bonds is 11. The van der Waals surface area contributed by atoms with Gasteiger partial charge in [0.05, 0.1) is 11.4 Å². The number of Topliss-reactive ketones (excluding diaryl/α,β-unsaturated/α-hetero) is 1. The third-order valence-corrected chi connectivity index (χ3v) is 7.31. The molecule has 1 saturated carbocycles. The lowest BCUT2D eigenvalue weighted by Gasteiger charge is -2.22. The van der Waals surface area contributed by atoms with Gasteiger partial charge in [0.15, 0.2) is 10.9 Å². The Kier molecular flexibility index (Phi) is 10.1. The zero-order chi connectivity index (χ0) is 25.4. The number of H-pyrrole nitrogens is 1. The van der Waals surface area contributed by atoms with E-state index >= 15 is 0 Å². The molecule has 2 aromatic rings. The maximum absolute atomic E-state index is 12.8. The van der Waals surface area contributed by atoms with Crippen molar-refractivity contribution in [3.63, 3.8) is 0 Å². The number of nitrogens with two attached hydrogens (primary N) is 1. The number of aromatic amines is 1. The molecule has 35 heavy (non-hydrogen) atoms. The molecule has 1 heterocycles. The summed E-state index contributed by atoms with van der Waals surface area (Å²) >= 11 is 1.24. The lowest BCUT2D eigenvalue weighted by molar-refractivity contribution is -0.136. The normalized spacial score (nSPS) is 15.2. The number of hydrogen-bond donors (Lipinski definition) is 2. The van der Waals surface area contributed by atoms with E-state index in [0.717, 1.165) is 24.1 Å². The summed E-state index contributed by atoms with van der Waals surface area (Å²) in [6.07, 6.45) is 8.31. The molecule has 1 aromatic carbocycles. The number of ether oxygens (including phenoxy) is 1. The fraction of sp³-hybridized carbons (Fsp3) is 0.556. The molecule has 1 unspecified atom stereocenters. The van der Waals surface area contributed by atoms with Gasteiger partial charge in [-0.25, -0.2) is 9.78 Å². The van der Waals surface area contributed by atoms with Gasteiger partial charge in [-0.3, -0.25) is 9.59 Å². The number of ketones is 1. The minimum absolute atomic E-state index is 0.0923. The smallest absolute Gasteiger partial charge is 0.328 e. The molecule has 0 bridgehead atoms. The number of thioether (sulfide) groups is 1. The number of nitrogens with one attached hydrogen (secondary N) is 1. The standard InChI is InChI=1S/C27H37N3O4S/c1-4-8-21(28)26(33)34-20-13-11-19(12-14-20)23(31)16-35-27-29-22(15-18-9-6-5-7-10-18)24(17(2)3)25(32)30-27/h11-14,17-18,21H,4-10,15-16,28H2,1-3H3,(H,29,30,32). The second kappa shape index (κ2) is 13.0. The van der Waals surface area contributed by atoms with Crippen LogP contribution in [0.3, 0.4) is 0 Å². The predicted octanol–water partition coefficient (Wildman–Crippen LogP) is 5.02. The molecule has 7 nitrogen and oxygen atoms in total. The van der Waals surface area contributed by atoms with Gasteiger partial charge in [-0.15, -0.1) is 0 Å². The molecule has 8 heteroatoms. The van der Waals surface area contributed by atoms with Crippen LogP contribution in [0, 0.1) is 5.92 Å². The fourth-order valence-corrected chi connectivity index (χ4v) is 5.31. The van der Waals surface area contributed by atoms with Gasteiger partial charge in [-0.1, -0.05) is 71.1 Å². The summed E-state index contributed by atoms with van der Waals surface area (Å²) in [6, 6.07) is 5.78. The molecule has 3 N–H and O–H groups in total. The Morgan fingerprint density at radius 1 is 1.17 bits per heavy atom. The van der Waals surface area contributed by atoms with Crippen LogP contribution in [-0.4, -0.2) is 33.5 Å². The van der Waals surface area contributed by atoms with Crippen molar-refractivity contribution < 1.29 is 14.3 Å². The Hall–Kier alpha value is -2.45. The van der Waals surface area contributed by atoms with Crippen LogP contribution in [0.5, 0.6) is 5.75 Å². The van der Waals surface area contributed by atoms with Crippen LogP contribution >= 0.6 is 11.8 Å². The summed E-state index contributed by atoms with van der Waals surface area (Å²) in [5.41, 5.74) is 7.81. The van der Waals surface area contributed by atoms with Crippen molar-refractivity contribution >= 4 is 23.5 Å². The first-order valence-corrected chi connectivity index (χ1v) is 13.6. The Balaban J connectivity index is 1.64. The lowest BCUT2D eigenvalue weighted by atomic mass is 9.84. The summed E-state index contributed by atoms with van der Waals surface area (Å²) in [4.78, 5) is 45.2. The highest BCUT2D eigenvalue weighted by molar-refractivity contribution is 7.99. The Morgan fingerprint density at radius 2 is 1.86 bits per heavy atom. The van der Waals surface area contributed by atoms with Gasteiger partial charge in [0.2, 0.25) is 0 Å². The van der Waals surface area contributed by atoms with Crippen LogP contribution in [0.25, 0.3) is 0 Å². The second-order valence-electron chi connectivity index (χ2n) is 9.65. The van der Waals surface area contributed by atoms with Gasteiger partial charge in [0.25, 0.3) is 5.56 Å². The average Bonchev–Trinajstić information content (AvgIpc) is 2.83. The van der Waals surface area contributed by atoms with Gasteiger partial charge in [-0.05, 0) is 48.9 Å². The Labute approximate surface area is 211 Å². The van der Waals surface area contributed by atoms with E-state index in [4.69, 9.17) is 15.5 Å². The van der Waals surface area contributed by atoms with Gasteiger partial charge in [-0.2, -0.15) is 0 Å². The highest BCUT2D eigenvalue weighted by Gasteiger charge is 2.21. The maximum atomic E-state index is 12.8. The summed E-state index contributed by atoms with van der Waals surface area (Å²) in [5.74, 6) is 0.584. The van der Waals surface area contributed by atoms with Gasteiger partial charge in [0.1, 0.15) is 11.8 Å². The van der Waals surface area contributed by atoms with Crippen molar-refractivity contribution in [2.45, 2.75) is 89.3 Å². The molecule has 1 fully saturated rings. The number of benzene rings is 1. The van der Waals surface area contributed by atoms with E-state index in [1.807, 2.05) is 20.8 Å². The summed E-state index contributed by atoms with van der Waals surface area (Å²) in [7, 11) is 0. The summed E-state index contributed by atoms with van der Waals surface area (Å²) < 4.78 is 5.28. The van der Waals surface area contributed by atoms with E-state index in [0.29, 0.717) is 28.8 Å². The highest BCUT2D eigenvalue weighted by atomic mass is 32.2. The fourth-order valence-electron chi connectivity index (χ4n) is 4.54. The topological polar surface area (TPSA) is 115 Å². The zero-order valence-electron chi connectivity index (χ0n) is 21.0. The van der Waals surface area contributed by atoms with E-state index < -0.39 is 12.0 Å². The number of carbonyl (C=O) groups excluding carboxylic acids is 2. The monoisotopic (exact) mass is 499 g/mol. The summed E-state index contributed by atoms with van der Waals surface area (Å²) in [6.45, 7) is 5.99. The molecular weight excluding hydrogens is 462 g/mol. The number of esters is 1. The number of aromatic nitrogens is 2. The second-order valence-corrected chi connectivity index (χ2v) is 10.6. The van der Waals surface area contributed by atoms with E-state index in [2.05, 4.69) is 4.98 Å². The third-order valence-electron chi connectivity index (χ3n) is 6.43. The largest absolute Gasteiger partial charge is 0.425 e. The van der Waals surface area contributed by atoms with Crippen LogP contribution in [0.15, 0.2) is 34.2 Å². The van der Waals surface area contributed by atoms with Crippen LogP contribution in [-0.2, 0) is 11.2 Å². The van der Waals surface area contributed by atoms with E-state index in [1.165, 1.54) is 43.9 Å². The molecule has 0 amide bonds. The Morgan fingerprint density at radius 3 is 2.49 bits per heavy atom. The molecule has 0 radical (unpaired) electrons.